The molecule has 3 heteroatoms. The number of hydrogen-bond acceptors (Lipinski definition) is 2. The van der Waals surface area contributed by atoms with Crippen LogP contribution in [0.3, 0.4) is 0 Å². The summed E-state index contributed by atoms with van der Waals surface area (Å²) in [5.74, 6) is 0.893. The van der Waals surface area contributed by atoms with Crippen molar-refractivity contribution >= 4 is 11.6 Å². The third-order valence-corrected chi connectivity index (χ3v) is 3.66. The van der Waals surface area contributed by atoms with Crippen LogP contribution in [0.1, 0.15) is 32.3 Å². The second kappa shape index (κ2) is 6.20. The molecule has 2 rings (SSSR count). The normalized spacial score (nSPS) is 19.5. The topological polar surface area (TPSA) is 32.3 Å². The molecule has 0 aliphatic carbocycles. The number of nitrogens with one attached hydrogen (secondary N) is 1. The van der Waals surface area contributed by atoms with Gasteiger partial charge in [-0.05, 0) is 44.4 Å². The quantitative estimate of drug-likeness (QED) is 0.883. The minimum atomic E-state index is 0.0000491. The van der Waals surface area contributed by atoms with Gasteiger partial charge in [-0.25, -0.2) is 0 Å². The van der Waals surface area contributed by atoms with Crippen LogP contribution in [0.4, 0.5) is 5.69 Å². The molecule has 1 aliphatic rings. The Morgan fingerprint density at radius 1 is 1.32 bits per heavy atom. The number of carbonyl (C=O) groups is 1. The molecule has 1 fully saturated rings. The van der Waals surface area contributed by atoms with E-state index in [0.29, 0.717) is 5.92 Å². The molecular weight excluding hydrogens is 236 g/mol. The minimum absolute atomic E-state index is 0.0000491. The maximum Gasteiger partial charge on any atom is 0.244 e. The van der Waals surface area contributed by atoms with Gasteiger partial charge in [-0.3, -0.25) is 4.79 Å². The molecule has 1 aromatic carbocycles. The standard InChI is InChI=1S/C16H24N2O/c1-12(2)8-10-17-15-9-11-18(16(15)19)14-6-4-13(3)5-7-14/h4-7,12,15,17H,8-11H2,1-3H3. The fourth-order valence-electron chi connectivity index (χ4n) is 2.40. The summed E-state index contributed by atoms with van der Waals surface area (Å²) in [5, 5.41) is 3.38. The van der Waals surface area contributed by atoms with Gasteiger partial charge in [0.25, 0.3) is 0 Å². The first-order valence-corrected chi connectivity index (χ1v) is 7.19. The minimum Gasteiger partial charge on any atom is -0.311 e. The van der Waals surface area contributed by atoms with Crippen LogP contribution >= 0.6 is 0 Å². The third-order valence-electron chi connectivity index (χ3n) is 3.66. The van der Waals surface area contributed by atoms with Crippen molar-refractivity contribution in [3.63, 3.8) is 0 Å². The summed E-state index contributed by atoms with van der Waals surface area (Å²) in [6.45, 7) is 8.22. The molecule has 3 nitrogen and oxygen atoms in total. The SMILES string of the molecule is Cc1ccc(N2CCC(NCCC(C)C)C2=O)cc1. The van der Waals surface area contributed by atoms with Gasteiger partial charge >= 0.3 is 0 Å². The third kappa shape index (κ3) is 3.57. The van der Waals surface area contributed by atoms with Crippen molar-refractivity contribution in [3.8, 4) is 0 Å². The Morgan fingerprint density at radius 3 is 2.63 bits per heavy atom. The van der Waals surface area contributed by atoms with Crippen LogP contribution in [-0.2, 0) is 4.79 Å². The Morgan fingerprint density at radius 2 is 2.00 bits per heavy atom. The lowest BCUT2D eigenvalue weighted by Crippen LogP contribution is -2.39. The summed E-state index contributed by atoms with van der Waals surface area (Å²) in [6, 6.07) is 8.18. The molecular formula is C16H24N2O. The first-order chi connectivity index (χ1) is 9.08. The van der Waals surface area contributed by atoms with Gasteiger partial charge in [-0.15, -0.1) is 0 Å². The fourth-order valence-corrected chi connectivity index (χ4v) is 2.40. The molecule has 1 heterocycles. The van der Waals surface area contributed by atoms with Gasteiger partial charge in [0.1, 0.15) is 0 Å². The average Bonchev–Trinajstić information content (AvgIpc) is 2.72. The van der Waals surface area contributed by atoms with E-state index in [0.717, 1.165) is 31.6 Å². The molecule has 1 atom stereocenters. The number of carbonyl (C=O) groups excluding carboxylic acids is 1. The molecule has 104 valence electrons. The van der Waals surface area contributed by atoms with Crippen LogP contribution in [0.15, 0.2) is 24.3 Å². The Hall–Kier alpha value is -1.35. The molecule has 1 saturated heterocycles. The molecule has 0 aromatic heterocycles. The number of benzene rings is 1. The lowest BCUT2D eigenvalue weighted by atomic mass is 10.1. The smallest absolute Gasteiger partial charge is 0.244 e. The summed E-state index contributed by atoms with van der Waals surface area (Å²) in [7, 11) is 0. The second-order valence-corrected chi connectivity index (χ2v) is 5.80. The zero-order valence-electron chi connectivity index (χ0n) is 12.1. The summed E-state index contributed by atoms with van der Waals surface area (Å²) in [5.41, 5.74) is 2.24. The summed E-state index contributed by atoms with van der Waals surface area (Å²) in [4.78, 5) is 14.2. The summed E-state index contributed by atoms with van der Waals surface area (Å²) < 4.78 is 0. The Bertz CT molecular complexity index is 425. The highest BCUT2D eigenvalue weighted by Gasteiger charge is 2.31. The monoisotopic (exact) mass is 260 g/mol. The number of hydrogen-bond donors (Lipinski definition) is 1. The molecule has 0 spiro atoms. The van der Waals surface area contributed by atoms with E-state index in [2.05, 4.69) is 38.2 Å². The highest BCUT2D eigenvalue weighted by Crippen LogP contribution is 2.22. The Balaban J connectivity index is 1.92. The van der Waals surface area contributed by atoms with E-state index >= 15 is 0 Å². The van der Waals surface area contributed by atoms with Gasteiger partial charge in [0, 0.05) is 12.2 Å². The first-order valence-electron chi connectivity index (χ1n) is 7.19. The zero-order chi connectivity index (χ0) is 13.8. The molecule has 1 aromatic rings. The molecule has 0 bridgehead atoms. The van der Waals surface area contributed by atoms with E-state index in [1.807, 2.05) is 17.0 Å². The lowest BCUT2D eigenvalue weighted by Gasteiger charge is -2.17. The first kappa shape index (κ1) is 14.1. The van der Waals surface area contributed by atoms with E-state index < -0.39 is 0 Å². The Kier molecular flexibility index (Phi) is 4.59. The van der Waals surface area contributed by atoms with Crippen LogP contribution in [0, 0.1) is 12.8 Å². The van der Waals surface area contributed by atoms with Crippen LogP contribution in [0.5, 0.6) is 0 Å². The second-order valence-electron chi connectivity index (χ2n) is 5.80. The predicted octanol–water partition coefficient (Wildman–Crippen LogP) is 2.74. The highest BCUT2D eigenvalue weighted by molar-refractivity contribution is 5.99. The van der Waals surface area contributed by atoms with Gasteiger partial charge < -0.3 is 10.2 Å². The van der Waals surface area contributed by atoms with Gasteiger partial charge in [-0.2, -0.15) is 0 Å². The molecule has 0 radical (unpaired) electrons. The molecule has 0 saturated carbocycles. The summed E-state index contributed by atoms with van der Waals surface area (Å²) >= 11 is 0. The number of nitrogens with zero attached hydrogens (tertiary/aromatic N) is 1. The van der Waals surface area contributed by atoms with E-state index in [9.17, 15) is 4.79 Å². The van der Waals surface area contributed by atoms with E-state index in [4.69, 9.17) is 0 Å². The highest BCUT2D eigenvalue weighted by atomic mass is 16.2. The van der Waals surface area contributed by atoms with Crippen molar-refractivity contribution < 1.29 is 4.79 Å². The summed E-state index contributed by atoms with van der Waals surface area (Å²) in [6.07, 6.45) is 2.03. The van der Waals surface area contributed by atoms with Crippen LogP contribution in [0.2, 0.25) is 0 Å². The molecule has 19 heavy (non-hydrogen) atoms. The van der Waals surface area contributed by atoms with E-state index in [1.165, 1.54) is 5.56 Å². The molecule has 1 unspecified atom stereocenters. The van der Waals surface area contributed by atoms with Gasteiger partial charge in [0.05, 0.1) is 6.04 Å². The fraction of sp³-hybridized carbons (Fsp3) is 0.562. The van der Waals surface area contributed by atoms with Crippen molar-refractivity contribution in [2.75, 3.05) is 18.0 Å². The number of anilines is 1. The van der Waals surface area contributed by atoms with Gasteiger partial charge in [0.15, 0.2) is 0 Å². The zero-order valence-corrected chi connectivity index (χ0v) is 12.1. The molecule has 1 aliphatic heterocycles. The van der Waals surface area contributed by atoms with E-state index in [1.54, 1.807) is 0 Å². The van der Waals surface area contributed by atoms with Gasteiger partial charge in [-0.1, -0.05) is 31.5 Å². The van der Waals surface area contributed by atoms with Crippen LogP contribution in [-0.4, -0.2) is 25.0 Å². The van der Waals surface area contributed by atoms with E-state index in [-0.39, 0.29) is 11.9 Å². The van der Waals surface area contributed by atoms with Crippen molar-refractivity contribution in [3.05, 3.63) is 29.8 Å². The molecule has 1 amide bonds. The maximum atomic E-state index is 12.3. The number of amides is 1. The van der Waals surface area contributed by atoms with Crippen LogP contribution in [0.25, 0.3) is 0 Å². The van der Waals surface area contributed by atoms with Crippen molar-refractivity contribution in [1.29, 1.82) is 0 Å². The lowest BCUT2D eigenvalue weighted by molar-refractivity contribution is -0.118. The Labute approximate surface area is 116 Å². The van der Waals surface area contributed by atoms with Crippen molar-refractivity contribution in [2.45, 2.75) is 39.7 Å². The van der Waals surface area contributed by atoms with Crippen molar-refractivity contribution in [2.24, 2.45) is 5.92 Å². The number of rotatable bonds is 5. The number of aryl methyl sites for hydroxylation is 1. The van der Waals surface area contributed by atoms with Crippen molar-refractivity contribution in [1.82, 2.24) is 5.32 Å². The predicted molar refractivity (Wildman–Crippen MR) is 79.4 cm³/mol. The maximum absolute atomic E-state index is 12.3. The van der Waals surface area contributed by atoms with Gasteiger partial charge in [0.2, 0.25) is 5.91 Å². The molecule has 1 N–H and O–H groups in total. The largest absolute Gasteiger partial charge is 0.311 e. The van der Waals surface area contributed by atoms with Crippen LogP contribution < -0.4 is 10.2 Å². The average molecular weight is 260 g/mol.